The molecule has 21 heavy (non-hydrogen) atoms. The second-order valence-corrected chi connectivity index (χ2v) is 6.25. The predicted octanol–water partition coefficient (Wildman–Crippen LogP) is 3.58. The van der Waals surface area contributed by atoms with Crippen LogP contribution in [0.3, 0.4) is 0 Å². The predicted molar refractivity (Wildman–Crippen MR) is 80.3 cm³/mol. The molecule has 0 aliphatic heterocycles. The van der Waals surface area contributed by atoms with Gasteiger partial charge in [0.2, 0.25) is 11.0 Å². The molecule has 0 bridgehead atoms. The molecule has 2 aromatic rings. The summed E-state index contributed by atoms with van der Waals surface area (Å²) in [6.45, 7) is 1.98. The molecular weight excluding hydrogens is 316 g/mol. The molecule has 4 nitrogen and oxygen atoms in total. The largest absolute Gasteiger partial charge is 0.297 e. The molecule has 0 atom stereocenters. The minimum Gasteiger partial charge on any atom is -0.297 e. The standard InChI is InChI=1S/C13H11F2N3OS2/c1-2-20-13-18-17-12(21-13)16-11(19)7-6-8-9(14)4-3-5-10(8)15/h3-7H,2H2,1H3,(H,16,17,19)/b7-6+. The van der Waals surface area contributed by atoms with Gasteiger partial charge < -0.3 is 0 Å². The van der Waals surface area contributed by atoms with Gasteiger partial charge in [-0.05, 0) is 24.0 Å². The molecule has 0 radical (unpaired) electrons. The Balaban J connectivity index is 2.02. The van der Waals surface area contributed by atoms with E-state index in [4.69, 9.17) is 0 Å². The van der Waals surface area contributed by atoms with Crippen LogP contribution in [-0.2, 0) is 4.79 Å². The van der Waals surface area contributed by atoms with Gasteiger partial charge in [-0.15, -0.1) is 10.2 Å². The van der Waals surface area contributed by atoms with Crippen LogP contribution in [0.4, 0.5) is 13.9 Å². The summed E-state index contributed by atoms with van der Waals surface area (Å²) in [6.07, 6.45) is 2.14. The van der Waals surface area contributed by atoms with Crippen LogP contribution < -0.4 is 5.32 Å². The van der Waals surface area contributed by atoms with E-state index in [0.717, 1.165) is 34.4 Å². The molecule has 0 saturated heterocycles. The van der Waals surface area contributed by atoms with Crippen molar-refractivity contribution in [2.45, 2.75) is 11.3 Å². The number of carbonyl (C=O) groups is 1. The molecule has 0 fully saturated rings. The lowest BCUT2D eigenvalue weighted by molar-refractivity contribution is -0.111. The normalized spacial score (nSPS) is 11.0. The molecule has 1 heterocycles. The lowest BCUT2D eigenvalue weighted by atomic mass is 10.2. The first-order chi connectivity index (χ1) is 10.1. The number of rotatable bonds is 5. The summed E-state index contributed by atoms with van der Waals surface area (Å²) >= 11 is 2.75. The van der Waals surface area contributed by atoms with E-state index in [0.29, 0.717) is 5.13 Å². The Morgan fingerprint density at radius 2 is 2.10 bits per heavy atom. The number of thioether (sulfide) groups is 1. The monoisotopic (exact) mass is 327 g/mol. The topological polar surface area (TPSA) is 54.9 Å². The maximum Gasteiger partial charge on any atom is 0.250 e. The highest BCUT2D eigenvalue weighted by Gasteiger charge is 2.08. The van der Waals surface area contributed by atoms with Crippen LogP contribution >= 0.6 is 23.1 Å². The molecule has 0 aliphatic rings. The number of halogens is 2. The molecule has 8 heteroatoms. The van der Waals surface area contributed by atoms with Crippen molar-refractivity contribution in [1.29, 1.82) is 0 Å². The molecule has 1 aromatic carbocycles. The number of carbonyl (C=O) groups excluding carboxylic acids is 1. The van der Waals surface area contributed by atoms with Gasteiger partial charge in [-0.3, -0.25) is 10.1 Å². The molecule has 0 unspecified atom stereocenters. The summed E-state index contributed by atoms with van der Waals surface area (Å²) in [5.74, 6) is -1.12. The van der Waals surface area contributed by atoms with Crippen LogP contribution in [0.2, 0.25) is 0 Å². The van der Waals surface area contributed by atoms with Crippen molar-refractivity contribution in [2.75, 3.05) is 11.1 Å². The van der Waals surface area contributed by atoms with Crippen molar-refractivity contribution in [3.8, 4) is 0 Å². The lowest BCUT2D eigenvalue weighted by Crippen LogP contribution is -2.07. The molecule has 2 rings (SSSR count). The molecule has 1 amide bonds. The van der Waals surface area contributed by atoms with Crippen molar-refractivity contribution >= 4 is 40.2 Å². The van der Waals surface area contributed by atoms with Gasteiger partial charge in [0.1, 0.15) is 11.6 Å². The maximum absolute atomic E-state index is 13.4. The third-order valence-electron chi connectivity index (χ3n) is 2.31. The lowest BCUT2D eigenvalue weighted by Gasteiger charge is -1.98. The molecule has 110 valence electrons. The van der Waals surface area contributed by atoms with Gasteiger partial charge in [0.25, 0.3) is 0 Å². The van der Waals surface area contributed by atoms with Gasteiger partial charge in [0, 0.05) is 11.6 Å². The van der Waals surface area contributed by atoms with E-state index in [-0.39, 0.29) is 5.56 Å². The second kappa shape index (κ2) is 7.28. The minimum absolute atomic E-state index is 0.257. The van der Waals surface area contributed by atoms with Gasteiger partial charge in [0.15, 0.2) is 4.34 Å². The third kappa shape index (κ3) is 4.33. The van der Waals surface area contributed by atoms with Gasteiger partial charge in [-0.1, -0.05) is 36.1 Å². The Bertz CT molecular complexity index is 653. The third-order valence-corrected chi connectivity index (χ3v) is 4.16. The fraction of sp³-hybridized carbons (Fsp3) is 0.154. The van der Waals surface area contributed by atoms with Gasteiger partial charge in [-0.2, -0.15) is 0 Å². The number of nitrogens with zero attached hydrogens (tertiary/aromatic N) is 2. The highest BCUT2D eigenvalue weighted by molar-refractivity contribution is 8.01. The number of amides is 1. The smallest absolute Gasteiger partial charge is 0.250 e. The number of aromatic nitrogens is 2. The number of hydrogen-bond donors (Lipinski definition) is 1. The second-order valence-electron chi connectivity index (χ2n) is 3.76. The number of benzene rings is 1. The Kier molecular flexibility index (Phi) is 5.40. The average Bonchev–Trinajstić information content (AvgIpc) is 2.86. The van der Waals surface area contributed by atoms with Crippen LogP contribution in [0.25, 0.3) is 6.08 Å². The van der Waals surface area contributed by atoms with Crippen molar-refractivity contribution in [3.63, 3.8) is 0 Å². The first-order valence-corrected chi connectivity index (χ1v) is 7.79. The van der Waals surface area contributed by atoms with Gasteiger partial charge in [0.05, 0.1) is 0 Å². The summed E-state index contributed by atoms with van der Waals surface area (Å²) in [4.78, 5) is 11.7. The van der Waals surface area contributed by atoms with Crippen LogP contribution in [0.5, 0.6) is 0 Å². The van der Waals surface area contributed by atoms with E-state index >= 15 is 0 Å². The summed E-state index contributed by atoms with van der Waals surface area (Å²) in [7, 11) is 0. The van der Waals surface area contributed by atoms with Crippen molar-refractivity contribution < 1.29 is 13.6 Å². The fourth-order valence-corrected chi connectivity index (χ4v) is 3.07. The Morgan fingerprint density at radius 3 is 2.76 bits per heavy atom. The van der Waals surface area contributed by atoms with Crippen LogP contribution in [-0.4, -0.2) is 21.9 Å². The zero-order valence-electron chi connectivity index (χ0n) is 11.0. The first-order valence-electron chi connectivity index (χ1n) is 5.99. The quantitative estimate of drug-likeness (QED) is 0.518. The van der Waals surface area contributed by atoms with E-state index in [1.54, 1.807) is 0 Å². The number of nitrogens with one attached hydrogen (secondary N) is 1. The number of hydrogen-bond acceptors (Lipinski definition) is 5. The van der Waals surface area contributed by atoms with E-state index in [1.165, 1.54) is 29.2 Å². The van der Waals surface area contributed by atoms with Crippen molar-refractivity contribution in [3.05, 3.63) is 41.5 Å². The molecule has 0 saturated carbocycles. The summed E-state index contributed by atoms with van der Waals surface area (Å²) in [5, 5.41) is 10.5. The Morgan fingerprint density at radius 1 is 1.38 bits per heavy atom. The zero-order chi connectivity index (χ0) is 15.2. The summed E-state index contributed by atoms with van der Waals surface area (Å²) in [5.41, 5.74) is -0.257. The van der Waals surface area contributed by atoms with Crippen molar-refractivity contribution in [1.82, 2.24) is 10.2 Å². The van der Waals surface area contributed by atoms with Crippen LogP contribution in [0.1, 0.15) is 12.5 Å². The maximum atomic E-state index is 13.4. The molecular formula is C13H11F2N3OS2. The van der Waals surface area contributed by atoms with Gasteiger partial charge >= 0.3 is 0 Å². The van der Waals surface area contributed by atoms with Crippen molar-refractivity contribution in [2.24, 2.45) is 0 Å². The van der Waals surface area contributed by atoms with E-state index in [1.807, 2.05) is 6.92 Å². The highest BCUT2D eigenvalue weighted by Crippen LogP contribution is 2.25. The highest BCUT2D eigenvalue weighted by atomic mass is 32.2. The Hall–Kier alpha value is -1.80. The Labute approximate surface area is 128 Å². The minimum atomic E-state index is -0.725. The number of anilines is 1. The first kappa shape index (κ1) is 15.6. The summed E-state index contributed by atoms with van der Waals surface area (Å²) < 4.78 is 27.5. The molecule has 1 aromatic heterocycles. The van der Waals surface area contributed by atoms with E-state index in [2.05, 4.69) is 15.5 Å². The van der Waals surface area contributed by atoms with Crippen LogP contribution in [0.15, 0.2) is 28.6 Å². The van der Waals surface area contributed by atoms with Gasteiger partial charge in [-0.25, -0.2) is 8.78 Å². The molecule has 1 N–H and O–H groups in total. The van der Waals surface area contributed by atoms with E-state index in [9.17, 15) is 13.6 Å². The summed E-state index contributed by atoms with van der Waals surface area (Å²) in [6, 6.07) is 3.51. The zero-order valence-corrected chi connectivity index (χ0v) is 12.6. The SMILES string of the molecule is CCSc1nnc(NC(=O)/C=C/c2c(F)cccc2F)s1. The fourth-order valence-electron chi connectivity index (χ4n) is 1.42. The molecule has 0 spiro atoms. The van der Waals surface area contributed by atoms with Crippen LogP contribution in [0, 0.1) is 11.6 Å². The molecule has 0 aliphatic carbocycles. The van der Waals surface area contributed by atoms with E-state index < -0.39 is 17.5 Å². The average molecular weight is 327 g/mol.